The monoisotopic (exact) mass is 270 g/mol. The molecule has 0 spiro atoms. The summed E-state index contributed by atoms with van der Waals surface area (Å²) in [5.41, 5.74) is 0.474. The van der Waals surface area contributed by atoms with Gasteiger partial charge in [0.1, 0.15) is 0 Å². The van der Waals surface area contributed by atoms with Crippen LogP contribution in [0.3, 0.4) is 0 Å². The fraction of sp³-hybridized carbons (Fsp3) is 0.455. The first-order chi connectivity index (χ1) is 6.99. The second-order valence-electron chi connectivity index (χ2n) is 4.05. The Morgan fingerprint density at radius 1 is 1.47 bits per heavy atom. The van der Waals surface area contributed by atoms with E-state index >= 15 is 0 Å². The van der Waals surface area contributed by atoms with Crippen LogP contribution in [0.15, 0.2) is 24.5 Å². The third-order valence-electron chi connectivity index (χ3n) is 2.47. The third kappa shape index (κ3) is 2.78. The van der Waals surface area contributed by atoms with E-state index in [-0.39, 0.29) is 11.4 Å². The molecule has 1 rings (SSSR count). The van der Waals surface area contributed by atoms with Gasteiger partial charge in [-0.15, -0.1) is 0 Å². The number of carbonyl (C=O) groups excluding carboxylic acids is 1. The number of alkyl halides is 1. The quantitative estimate of drug-likeness (QED) is 0.790. The number of halogens is 1. The molecule has 0 saturated carbocycles. The van der Waals surface area contributed by atoms with Crippen molar-refractivity contribution in [1.82, 2.24) is 9.88 Å². The van der Waals surface area contributed by atoms with Gasteiger partial charge in [0, 0.05) is 35.9 Å². The number of hydrogen-bond acceptors (Lipinski definition) is 2. The van der Waals surface area contributed by atoms with Crippen molar-refractivity contribution in [1.29, 1.82) is 0 Å². The van der Waals surface area contributed by atoms with Crippen LogP contribution in [0, 0.1) is 0 Å². The van der Waals surface area contributed by atoms with Crippen molar-refractivity contribution in [2.75, 3.05) is 12.4 Å². The number of hydrogen-bond donors (Lipinski definition) is 0. The van der Waals surface area contributed by atoms with Crippen LogP contribution in [0.2, 0.25) is 0 Å². The second kappa shape index (κ2) is 4.75. The fourth-order valence-electron chi connectivity index (χ4n) is 1.05. The van der Waals surface area contributed by atoms with Gasteiger partial charge in [0.2, 0.25) is 0 Å². The summed E-state index contributed by atoms with van der Waals surface area (Å²) in [5.74, 6) is 0.0156. The van der Waals surface area contributed by atoms with Crippen LogP contribution in [0.25, 0.3) is 0 Å². The van der Waals surface area contributed by atoms with Crippen LogP contribution in [0.1, 0.15) is 24.2 Å². The molecule has 0 unspecified atom stereocenters. The summed E-state index contributed by atoms with van der Waals surface area (Å²) < 4.78 is 0. The highest BCUT2D eigenvalue weighted by Gasteiger charge is 2.26. The van der Waals surface area contributed by atoms with E-state index in [0.29, 0.717) is 5.56 Å². The Morgan fingerprint density at radius 2 is 2.00 bits per heavy atom. The Hall–Kier alpha value is -0.900. The van der Waals surface area contributed by atoms with Gasteiger partial charge in [-0.3, -0.25) is 9.78 Å². The number of pyridine rings is 1. The lowest BCUT2D eigenvalue weighted by atomic mass is 10.1. The van der Waals surface area contributed by atoms with Gasteiger partial charge in [-0.1, -0.05) is 15.9 Å². The summed E-state index contributed by atoms with van der Waals surface area (Å²) in [4.78, 5) is 17.7. The summed E-state index contributed by atoms with van der Waals surface area (Å²) in [6, 6.07) is 3.45. The number of nitrogens with zero attached hydrogens (tertiary/aromatic N) is 2. The molecule has 0 bridgehead atoms. The van der Waals surface area contributed by atoms with Gasteiger partial charge in [0.25, 0.3) is 5.91 Å². The third-order valence-corrected chi connectivity index (χ3v) is 3.84. The molecule has 0 saturated heterocycles. The highest BCUT2D eigenvalue weighted by molar-refractivity contribution is 9.09. The highest BCUT2D eigenvalue weighted by Crippen LogP contribution is 2.17. The van der Waals surface area contributed by atoms with E-state index in [4.69, 9.17) is 0 Å². The first-order valence-electron chi connectivity index (χ1n) is 4.73. The minimum absolute atomic E-state index is 0.0156. The van der Waals surface area contributed by atoms with Crippen molar-refractivity contribution < 1.29 is 4.79 Å². The molecule has 0 fully saturated rings. The molecule has 1 aromatic heterocycles. The minimum Gasteiger partial charge on any atom is -0.336 e. The molecule has 0 aliphatic heterocycles. The lowest BCUT2D eigenvalue weighted by Crippen LogP contribution is -2.46. The maximum Gasteiger partial charge on any atom is 0.254 e. The molecule has 1 amide bonds. The van der Waals surface area contributed by atoms with Gasteiger partial charge in [0.05, 0.1) is 0 Å². The zero-order valence-corrected chi connectivity index (χ0v) is 10.8. The van der Waals surface area contributed by atoms with Crippen molar-refractivity contribution in [2.24, 2.45) is 0 Å². The molecule has 1 heterocycles. The van der Waals surface area contributed by atoms with Crippen LogP contribution >= 0.6 is 15.9 Å². The number of aromatic nitrogens is 1. The first kappa shape index (κ1) is 12.2. The van der Waals surface area contributed by atoms with Gasteiger partial charge >= 0.3 is 0 Å². The lowest BCUT2D eigenvalue weighted by Gasteiger charge is -2.34. The van der Waals surface area contributed by atoms with Gasteiger partial charge in [-0.2, -0.15) is 0 Å². The van der Waals surface area contributed by atoms with Crippen molar-refractivity contribution in [3.8, 4) is 0 Å². The van der Waals surface area contributed by atoms with Crippen molar-refractivity contribution in [2.45, 2.75) is 19.4 Å². The Balaban J connectivity index is 2.87. The Labute approximate surface area is 98.6 Å². The maximum absolute atomic E-state index is 12.0. The van der Waals surface area contributed by atoms with E-state index in [1.54, 1.807) is 29.4 Å². The molecular formula is C11H15BrN2O. The number of carbonyl (C=O) groups is 1. The van der Waals surface area contributed by atoms with Gasteiger partial charge in [0.15, 0.2) is 0 Å². The molecule has 0 aliphatic carbocycles. The van der Waals surface area contributed by atoms with Crippen LogP contribution in [0.4, 0.5) is 0 Å². The summed E-state index contributed by atoms with van der Waals surface area (Å²) in [7, 11) is 1.81. The van der Waals surface area contributed by atoms with Crippen LogP contribution in [-0.2, 0) is 0 Å². The van der Waals surface area contributed by atoms with E-state index in [9.17, 15) is 4.79 Å². The molecule has 0 N–H and O–H groups in total. The van der Waals surface area contributed by atoms with E-state index in [2.05, 4.69) is 20.9 Å². The van der Waals surface area contributed by atoms with Gasteiger partial charge in [-0.25, -0.2) is 0 Å². The number of amides is 1. The largest absolute Gasteiger partial charge is 0.336 e. The standard InChI is InChI=1S/C11H15BrN2O/c1-11(2,8-12)14(3)10(15)9-4-6-13-7-5-9/h4-7H,8H2,1-3H3. The molecular weight excluding hydrogens is 256 g/mol. The maximum atomic E-state index is 12.0. The average Bonchev–Trinajstić information content (AvgIpc) is 2.28. The van der Waals surface area contributed by atoms with E-state index in [1.807, 2.05) is 20.9 Å². The molecule has 0 aromatic carbocycles. The van der Waals surface area contributed by atoms with E-state index in [1.165, 1.54) is 0 Å². The molecule has 0 aliphatic rings. The van der Waals surface area contributed by atoms with Gasteiger partial charge < -0.3 is 4.90 Å². The summed E-state index contributed by atoms with van der Waals surface area (Å²) in [6.07, 6.45) is 3.25. The fourth-order valence-corrected chi connectivity index (χ4v) is 1.43. The molecule has 0 radical (unpaired) electrons. The minimum atomic E-state index is -0.194. The Kier molecular flexibility index (Phi) is 3.85. The second-order valence-corrected chi connectivity index (χ2v) is 4.61. The summed E-state index contributed by atoms with van der Waals surface area (Å²) >= 11 is 3.41. The molecule has 15 heavy (non-hydrogen) atoms. The SMILES string of the molecule is CN(C(=O)c1ccncc1)C(C)(C)CBr. The van der Waals surface area contributed by atoms with E-state index < -0.39 is 0 Å². The molecule has 1 aromatic rings. The molecule has 0 atom stereocenters. The smallest absolute Gasteiger partial charge is 0.254 e. The van der Waals surface area contributed by atoms with Crippen LogP contribution in [-0.4, -0.2) is 33.7 Å². The predicted octanol–water partition coefficient (Wildman–Crippen LogP) is 2.33. The normalized spacial score (nSPS) is 11.2. The van der Waals surface area contributed by atoms with Crippen LogP contribution < -0.4 is 0 Å². The zero-order chi connectivity index (χ0) is 11.5. The average molecular weight is 271 g/mol. The molecule has 4 heteroatoms. The summed E-state index contributed by atoms with van der Waals surface area (Å²) in [6.45, 7) is 4.03. The predicted molar refractivity (Wildman–Crippen MR) is 64.2 cm³/mol. The van der Waals surface area contributed by atoms with E-state index in [0.717, 1.165) is 5.33 Å². The van der Waals surface area contributed by atoms with Crippen molar-refractivity contribution >= 4 is 21.8 Å². The Morgan fingerprint density at radius 3 is 2.47 bits per heavy atom. The van der Waals surface area contributed by atoms with Crippen molar-refractivity contribution in [3.63, 3.8) is 0 Å². The first-order valence-corrected chi connectivity index (χ1v) is 5.85. The zero-order valence-electron chi connectivity index (χ0n) is 9.20. The van der Waals surface area contributed by atoms with Gasteiger partial charge in [-0.05, 0) is 26.0 Å². The highest BCUT2D eigenvalue weighted by atomic mass is 79.9. The topological polar surface area (TPSA) is 33.2 Å². The number of rotatable bonds is 3. The van der Waals surface area contributed by atoms with Crippen molar-refractivity contribution in [3.05, 3.63) is 30.1 Å². The van der Waals surface area contributed by atoms with Crippen LogP contribution in [0.5, 0.6) is 0 Å². The molecule has 3 nitrogen and oxygen atoms in total. The lowest BCUT2D eigenvalue weighted by molar-refractivity contribution is 0.0663. The molecule has 82 valence electrons. The Bertz CT molecular complexity index is 338. The summed E-state index contributed by atoms with van der Waals surface area (Å²) in [5, 5.41) is 0.743.